The second-order valence-electron chi connectivity index (χ2n) is 4.14. The Hall–Kier alpha value is -1.97. The number of benzene rings is 1. The van der Waals surface area contributed by atoms with Crippen LogP contribution in [0.15, 0.2) is 36.7 Å². The Morgan fingerprint density at radius 3 is 2.28 bits per heavy atom. The van der Waals surface area contributed by atoms with Gasteiger partial charge in [0.05, 0.1) is 12.4 Å². The van der Waals surface area contributed by atoms with Gasteiger partial charge in [-0.2, -0.15) is 0 Å². The standard InChI is InChI=1S/C14H14F2N2/c1-10-2-4-11(5-3-10)6-7-18-14-12(15)8-17-9-13(14)16/h2-5,8-9H,6-7H2,1H3,(H,17,18). The summed E-state index contributed by atoms with van der Waals surface area (Å²) in [5.74, 6) is -1.34. The molecule has 1 N–H and O–H groups in total. The fourth-order valence-electron chi connectivity index (χ4n) is 1.67. The third-order valence-corrected chi connectivity index (χ3v) is 2.69. The van der Waals surface area contributed by atoms with Gasteiger partial charge in [0.15, 0.2) is 11.6 Å². The van der Waals surface area contributed by atoms with Gasteiger partial charge in [-0.1, -0.05) is 29.8 Å². The summed E-state index contributed by atoms with van der Waals surface area (Å²) < 4.78 is 26.5. The number of aromatic nitrogens is 1. The highest BCUT2D eigenvalue weighted by molar-refractivity contribution is 5.44. The number of hydrogen-bond acceptors (Lipinski definition) is 2. The monoisotopic (exact) mass is 248 g/mol. The molecule has 0 aliphatic carbocycles. The van der Waals surface area contributed by atoms with Crippen LogP contribution in [0.2, 0.25) is 0 Å². The number of nitrogens with zero attached hydrogens (tertiary/aromatic N) is 1. The van der Waals surface area contributed by atoms with Crippen LogP contribution in [-0.2, 0) is 6.42 Å². The third-order valence-electron chi connectivity index (χ3n) is 2.69. The molecule has 0 aliphatic rings. The number of halogens is 2. The molecule has 2 aromatic rings. The van der Waals surface area contributed by atoms with Crippen molar-refractivity contribution in [3.05, 3.63) is 59.4 Å². The first kappa shape index (κ1) is 12.5. The lowest BCUT2D eigenvalue weighted by Gasteiger charge is -2.08. The van der Waals surface area contributed by atoms with Gasteiger partial charge in [-0.05, 0) is 18.9 Å². The smallest absolute Gasteiger partial charge is 0.167 e. The SMILES string of the molecule is Cc1ccc(CCNc2c(F)cncc2F)cc1. The Morgan fingerprint density at radius 1 is 1.06 bits per heavy atom. The van der Waals surface area contributed by atoms with Crippen molar-refractivity contribution in [1.82, 2.24) is 4.98 Å². The zero-order valence-corrected chi connectivity index (χ0v) is 10.1. The van der Waals surface area contributed by atoms with Crippen molar-refractivity contribution in [2.45, 2.75) is 13.3 Å². The van der Waals surface area contributed by atoms with E-state index in [9.17, 15) is 8.78 Å². The summed E-state index contributed by atoms with van der Waals surface area (Å²) in [6, 6.07) is 8.05. The number of nitrogens with one attached hydrogen (secondary N) is 1. The van der Waals surface area contributed by atoms with Crippen LogP contribution in [0, 0.1) is 18.6 Å². The molecule has 0 atom stereocenters. The normalized spacial score (nSPS) is 10.4. The summed E-state index contributed by atoms with van der Waals surface area (Å²) >= 11 is 0. The summed E-state index contributed by atoms with van der Waals surface area (Å²) in [6.45, 7) is 2.49. The molecule has 2 nitrogen and oxygen atoms in total. The Morgan fingerprint density at radius 2 is 1.67 bits per heavy atom. The van der Waals surface area contributed by atoms with E-state index in [2.05, 4.69) is 10.3 Å². The Balaban J connectivity index is 1.94. The maximum atomic E-state index is 13.3. The predicted octanol–water partition coefficient (Wildman–Crippen LogP) is 3.32. The minimum absolute atomic E-state index is 0.114. The Bertz CT molecular complexity index is 504. The van der Waals surface area contributed by atoms with E-state index in [0.717, 1.165) is 18.0 Å². The second kappa shape index (κ2) is 5.58. The maximum absolute atomic E-state index is 13.3. The van der Waals surface area contributed by atoms with Crippen molar-refractivity contribution in [2.75, 3.05) is 11.9 Å². The van der Waals surface area contributed by atoms with Gasteiger partial charge in [0, 0.05) is 6.54 Å². The topological polar surface area (TPSA) is 24.9 Å². The van der Waals surface area contributed by atoms with Crippen LogP contribution in [0.25, 0.3) is 0 Å². The van der Waals surface area contributed by atoms with Crippen molar-refractivity contribution in [3.8, 4) is 0 Å². The van der Waals surface area contributed by atoms with E-state index in [1.165, 1.54) is 5.56 Å². The number of rotatable bonds is 4. The van der Waals surface area contributed by atoms with E-state index < -0.39 is 11.6 Å². The third kappa shape index (κ3) is 3.03. The first-order chi connectivity index (χ1) is 8.66. The molecular weight excluding hydrogens is 234 g/mol. The molecule has 0 saturated heterocycles. The largest absolute Gasteiger partial charge is 0.380 e. The average Bonchev–Trinajstić information content (AvgIpc) is 2.35. The first-order valence-corrected chi connectivity index (χ1v) is 5.75. The first-order valence-electron chi connectivity index (χ1n) is 5.75. The zero-order chi connectivity index (χ0) is 13.0. The van der Waals surface area contributed by atoms with Gasteiger partial charge >= 0.3 is 0 Å². The summed E-state index contributed by atoms with van der Waals surface area (Å²) in [6.07, 6.45) is 2.70. The van der Waals surface area contributed by atoms with Crippen LogP contribution >= 0.6 is 0 Å². The molecule has 1 aromatic heterocycles. The van der Waals surface area contributed by atoms with Crippen molar-refractivity contribution in [3.63, 3.8) is 0 Å². The van der Waals surface area contributed by atoms with Crippen molar-refractivity contribution >= 4 is 5.69 Å². The molecule has 0 amide bonds. The summed E-state index contributed by atoms with van der Waals surface area (Å²) in [5.41, 5.74) is 2.21. The van der Waals surface area contributed by atoms with Crippen LogP contribution in [0.5, 0.6) is 0 Å². The summed E-state index contributed by atoms with van der Waals surface area (Å²) in [4.78, 5) is 3.43. The molecule has 18 heavy (non-hydrogen) atoms. The van der Waals surface area contributed by atoms with E-state index in [1.54, 1.807) is 0 Å². The predicted molar refractivity (Wildman–Crippen MR) is 67.5 cm³/mol. The molecule has 0 bridgehead atoms. The highest BCUT2D eigenvalue weighted by atomic mass is 19.1. The summed E-state index contributed by atoms with van der Waals surface area (Å²) in [7, 11) is 0. The lowest BCUT2D eigenvalue weighted by Crippen LogP contribution is -2.08. The van der Waals surface area contributed by atoms with E-state index in [-0.39, 0.29) is 5.69 Å². The van der Waals surface area contributed by atoms with Gasteiger partial charge < -0.3 is 5.32 Å². The lowest BCUT2D eigenvalue weighted by molar-refractivity contribution is 0.578. The maximum Gasteiger partial charge on any atom is 0.167 e. The molecule has 0 unspecified atom stereocenters. The molecule has 94 valence electrons. The number of aryl methyl sites for hydroxylation is 1. The van der Waals surface area contributed by atoms with Gasteiger partial charge in [0.1, 0.15) is 5.69 Å². The molecule has 0 radical (unpaired) electrons. The molecular formula is C14H14F2N2. The number of hydrogen-bond donors (Lipinski definition) is 1. The highest BCUT2D eigenvalue weighted by Crippen LogP contribution is 2.16. The van der Waals surface area contributed by atoms with Crippen LogP contribution in [0.3, 0.4) is 0 Å². The van der Waals surface area contributed by atoms with Crippen molar-refractivity contribution in [1.29, 1.82) is 0 Å². The van der Waals surface area contributed by atoms with Gasteiger partial charge in [0.25, 0.3) is 0 Å². The molecule has 1 aromatic carbocycles. The number of anilines is 1. The molecule has 0 saturated carbocycles. The second-order valence-corrected chi connectivity index (χ2v) is 4.14. The van der Waals surface area contributed by atoms with Gasteiger partial charge in [-0.25, -0.2) is 8.78 Å². The summed E-state index contributed by atoms with van der Waals surface area (Å²) in [5, 5.41) is 2.75. The van der Waals surface area contributed by atoms with Crippen LogP contribution in [-0.4, -0.2) is 11.5 Å². The molecule has 4 heteroatoms. The van der Waals surface area contributed by atoms with E-state index in [0.29, 0.717) is 13.0 Å². The Labute approximate surface area is 105 Å². The highest BCUT2D eigenvalue weighted by Gasteiger charge is 2.07. The van der Waals surface area contributed by atoms with Crippen LogP contribution in [0.4, 0.5) is 14.5 Å². The van der Waals surface area contributed by atoms with Gasteiger partial charge in [-0.3, -0.25) is 4.98 Å². The average molecular weight is 248 g/mol. The van der Waals surface area contributed by atoms with Gasteiger partial charge in [0.2, 0.25) is 0 Å². The molecule has 1 heterocycles. The molecule has 2 rings (SSSR count). The minimum Gasteiger partial charge on any atom is -0.380 e. The van der Waals surface area contributed by atoms with E-state index >= 15 is 0 Å². The Kier molecular flexibility index (Phi) is 3.87. The van der Waals surface area contributed by atoms with Crippen molar-refractivity contribution in [2.24, 2.45) is 0 Å². The number of pyridine rings is 1. The van der Waals surface area contributed by atoms with Crippen molar-refractivity contribution < 1.29 is 8.78 Å². The fraction of sp³-hybridized carbons (Fsp3) is 0.214. The lowest BCUT2D eigenvalue weighted by atomic mass is 10.1. The zero-order valence-electron chi connectivity index (χ0n) is 10.1. The molecule has 0 spiro atoms. The molecule has 0 fully saturated rings. The van der Waals surface area contributed by atoms with Crippen LogP contribution < -0.4 is 5.32 Å². The minimum atomic E-state index is -0.668. The van der Waals surface area contributed by atoms with E-state index in [4.69, 9.17) is 0 Å². The fourth-order valence-corrected chi connectivity index (χ4v) is 1.67. The molecule has 0 aliphatic heterocycles. The van der Waals surface area contributed by atoms with E-state index in [1.807, 2.05) is 31.2 Å². The quantitative estimate of drug-likeness (QED) is 0.897. The van der Waals surface area contributed by atoms with Crippen LogP contribution in [0.1, 0.15) is 11.1 Å². The van der Waals surface area contributed by atoms with Gasteiger partial charge in [-0.15, -0.1) is 0 Å².